The molecule has 310 valence electrons. The third-order valence-corrected chi connectivity index (χ3v) is 15.9. The normalized spacial score (nSPS) is 52.2. The van der Waals surface area contributed by atoms with Crippen molar-refractivity contribution in [3.8, 4) is 0 Å². The van der Waals surface area contributed by atoms with Crippen molar-refractivity contribution in [1.29, 1.82) is 0 Å². The number of rotatable bonds is 4. The maximum Gasteiger partial charge on any atom is 0.338 e. The maximum atomic E-state index is 13.6. The third-order valence-electron chi connectivity index (χ3n) is 15.9. The van der Waals surface area contributed by atoms with Crippen LogP contribution < -0.4 is 0 Å². The number of aliphatic hydroxyl groups excluding tert-OH is 2. The maximum absolute atomic E-state index is 13.6. The Morgan fingerprint density at radius 2 is 1.59 bits per heavy atom. The quantitative estimate of drug-likeness (QED) is 0.224. The van der Waals surface area contributed by atoms with Gasteiger partial charge in [-0.2, -0.15) is 0 Å². The van der Waals surface area contributed by atoms with Crippen LogP contribution in [0.1, 0.15) is 68.8 Å². The SMILES string of the molecule is C[C@@H]1[C@@H]2CC[C@H]1[C@@H](OC(=O)c1ccccc1)/C=C\C=C\C(=O)O[C@@H]1CC[C@@H]3[C@]1(O)[C@H](O)[C@]1(CO)O[C@@H]1[C@@H]1[C@@H]4O[C@@]5(c6ccccc6)O[C@H]([C@H](C)[C@]13O5)[C@]4(O)[C@@](C)(O)C2. The van der Waals surface area contributed by atoms with Crippen molar-refractivity contribution in [2.75, 3.05) is 6.61 Å². The molecule has 12 rings (SSSR count). The molecule has 11 bridgehead atoms. The molecule has 2 aromatic rings. The second-order valence-electron chi connectivity index (χ2n) is 18.4. The lowest BCUT2D eigenvalue weighted by Gasteiger charge is -2.74. The van der Waals surface area contributed by atoms with Crippen LogP contribution in [-0.4, -0.2) is 109 Å². The lowest BCUT2D eigenvalue weighted by Crippen LogP contribution is -2.89. The summed E-state index contributed by atoms with van der Waals surface area (Å²) in [5.74, 6) is -6.19. The van der Waals surface area contributed by atoms with Gasteiger partial charge >= 0.3 is 17.9 Å². The Morgan fingerprint density at radius 3 is 2.31 bits per heavy atom. The average Bonchev–Trinajstić information content (AvgIpc) is 3.73. The van der Waals surface area contributed by atoms with Gasteiger partial charge in [0.1, 0.15) is 53.4 Å². The summed E-state index contributed by atoms with van der Waals surface area (Å²) in [6.45, 7) is 4.83. The molecular weight excluding hydrogens is 748 g/mol. The molecule has 4 saturated heterocycles. The van der Waals surface area contributed by atoms with Crippen LogP contribution in [0.4, 0.5) is 0 Å². The zero-order chi connectivity index (χ0) is 40.6. The molecule has 4 aliphatic carbocycles. The van der Waals surface area contributed by atoms with Gasteiger partial charge in [-0.3, -0.25) is 0 Å². The van der Waals surface area contributed by atoms with E-state index in [2.05, 4.69) is 6.92 Å². The summed E-state index contributed by atoms with van der Waals surface area (Å²) in [6, 6.07) is 17.7. The first-order valence-corrected chi connectivity index (χ1v) is 20.7. The monoisotopic (exact) mass is 800 g/mol. The lowest BCUT2D eigenvalue weighted by molar-refractivity contribution is -0.595. The number of carbonyl (C=O) groups excluding carboxylic acids is 2. The van der Waals surface area contributed by atoms with Crippen molar-refractivity contribution in [3.05, 3.63) is 96.1 Å². The second-order valence-corrected chi connectivity index (χ2v) is 18.4. The first kappa shape index (κ1) is 38.7. The number of benzene rings is 2. The fourth-order valence-electron chi connectivity index (χ4n) is 13.0. The van der Waals surface area contributed by atoms with E-state index in [0.29, 0.717) is 24.0 Å². The number of carbonyl (C=O) groups is 2. The minimum absolute atomic E-state index is 0.0988. The highest BCUT2D eigenvalue weighted by atomic mass is 16.9. The van der Waals surface area contributed by atoms with Gasteiger partial charge < -0.3 is 54.0 Å². The molecule has 0 unspecified atom stereocenters. The Labute approximate surface area is 336 Å². The van der Waals surface area contributed by atoms with Gasteiger partial charge in [0, 0.05) is 35.3 Å². The minimum atomic E-state index is -2.20. The summed E-state index contributed by atoms with van der Waals surface area (Å²) in [5.41, 5.74) is -8.42. The first-order chi connectivity index (χ1) is 27.7. The summed E-state index contributed by atoms with van der Waals surface area (Å²) in [4.78, 5) is 27.0. The van der Waals surface area contributed by atoms with E-state index < -0.39 is 107 Å². The van der Waals surface area contributed by atoms with Crippen LogP contribution in [0.5, 0.6) is 0 Å². The standard InChI is InChI=1S/C45H52O13/c1-24-27-18-19-29(24)30(53-38(48)26-12-6-4-7-13-26)16-10-11-17-33(47)54-32-21-20-31-42(32,51)39(49)41(23-46)36(55-41)34-37-44(52,40(3,50)22-27)35-25(2)43(31,34)58-45(56-35,57-37)28-14-8-5-9-15-28/h4-17,24-25,27,29-32,34-37,39,46,49-52H,18-23H2,1-3H3/b16-10-,17-11+/t24-,25+,27-,29-,30+,31-,32-,34-,35-,36-,37+,39-,40+,41-,42-,43-,44-,45-/m1/s1. The Kier molecular flexibility index (Phi) is 8.67. The van der Waals surface area contributed by atoms with Gasteiger partial charge in [-0.1, -0.05) is 74.5 Å². The summed E-state index contributed by atoms with van der Waals surface area (Å²) >= 11 is 0. The molecule has 18 atom stereocenters. The lowest BCUT2D eigenvalue weighted by atomic mass is 9.49. The molecule has 58 heavy (non-hydrogen) atoms. The topological polar surface area (TPSA) is 194 Å². The highest BCUT2D eigenvalue weighted by Crippen LogP contribution is 2.74. The minimum Gasteiger partial charge on any atom is -0.456 e. The Bertz CT molecular complexity index is 2020. The van der Waals surface area contributed by atoms with Crippen molar-refractivity contribution >= 4 is 11.9 Å². The Balaban J connectivity index is 1.12. The Hall–Kier alpha value is -3.50. The van der Waals surface area contributed by atoms with Crippen LogP contribution in [0.2, 0.25) is 0 Å². The van der Waals surface area contributed by atoms with E-state index in [-0.39, 0.29) is 37.0 Å². The number of hydrogen-bond donors (Lipinski definition) is 5. The number of esters is 2. The molecule has 1 spiro atoms. The molecule has 0 radical (unpaired) electrons. The van der Waals surface area contributed by atoms with Crippen LogP contribution >= 0.6 is 0 Å². The van der Waals surface area contributed by atoms with E-state index in [1.165, 1.54) is 12.2 Å². The second kappa shape index (κ2) is 13.0. The summed E-state index contributed by atoms with van der Waals surface area (Å²) < 4.78 is 39.4. The van der Waals surface area contributed by atoms with Gasteiger partial charge in [0.05, 0.1) is 23.4 Å². The zero-order valence-electron chi connectivity index (χ0n) is 32.8. The molecule has 0 amide bonds. The number of hydrogen-bond acceptors (Lipinski definition) is 13. The van der Waals surface area contributed by atoms with Crippen molar-refractivity contribution in [3.63, 3.8) is 0 Å². The molecule has 8 fully saturated rings. The van der Waals surface area contributed by atoms with E-state index in [9.17, 15) is 35.1 Å². The molecule has 13 nitrogen and oxygen atoms in total. The van der Waals surface area contributed by atoms with Crippen molar-refractivity contribution < 1.29 is 63.5 Å². The summed E-state index contributed by atoms with van der Waals surface area (Å²) in [7, 11) is 0. The van der Waals surface area contributed by atoms with E-state index >= 15 is 0 Å². The molecular formula is C45H52O13. The average molecular weight is 801 g/mol. The summed E-state index contributed by atoms with van der Waals surface area (Å²) in [6.07, 6.45) is 0.831. The molecule has 13 heteroatoms. The zero-order valence-corrected chi connectivity index (χ0v) is 32.8. The highest BCUT2D eigenvalue weighted by molar-refractivity contribution is 5.89. The van der Waals surface area contributed by atoms with Crippen LogP contribution in [0.25, 0.3) is 0 Å². The van der Waals surface area contributed by atoms with Gasteiger partial charge in [-0.15, -0.1) is 0 Å². The number of fused-ring (bicyclic) bond motifs is 6. The third kappa shape index (κ3) is 4.96. The van der Waals surface area contributed by atoms with E-state index in [4.69, 9.17) is 28.4 Å². The Morgan fingerprint density at radius 1 is 0.879 bits per heavy atom. The molecule has 4 saturated carbocycles. The number of ether oxygens (including phenoxy) is 6. The highest BCUT2D eigenvalue weighted by Gasteiger charge is 2.90. The van der Waals surface area contributed by atoms with Crippen LogP contribution in [0, 0.1) is 35.5 Å². The molecule has 2 aromatic carbocycles. The van der Waals surface area contributed by atoms with Crippen molar-refractivity contribution in [1.82, 2.24) is 0 Å². The van der Waals surface area contributed by atoms with Gasteiger partial charge in [-0.05, 0) is 69.1 Å². The van der Waals surface area contributed by atoms with Gasteiger partial charge in [0.2, 0.25) is 0 Å². The van der Waals surface area contributed by atoms with Gasteiger partial charge in [0.15, 0.2) is 0 Å². The number of epoxide rings is 1. The molecule has 6 heterocycles. The smallest absolute Gasteiger partial charge is 0.338 e. The van der Waals surface area contributed by atoms with Crippen LogP contribution in [0.3, 0.4) is 0 Å². The van der Waals surface area contributed by atoms with Crippen LogP contribution in [-0.2, 0) is 39.2 Å². The number of aliphatic hydroxyl groups is 5. The molecule has 5 N–H and O–H groups in total. The molecule has 0 aromatic heterocycles. The molecule has 6 aliphatic heterocycles. The van der Waals surface area contributed by atoms with Gasteiger partial charge in [0.25, 0.3) is 0 Å². The number of allylic oxidation sites excluding steroid dienone is 2. The predicted molar refractivity (Wildman–Crippen MR) is 202 cm³/mol. The van der Waals surface area contributed by atoms with Crippen molar-refractivity contribution in [2.24, 2.45) is 35.5 Å². The van der Waals surface area contributed by atoms with Crippen LogP contribution in [0.15, 0.2) is 85.0 Å². The fourth-order valence-corrected chi connectivity index (χ4v) is 13.0. The summed E-state index contributed by atoms with van der Waals surface area (Å²) in [5, 5.41) is 63.0. The van der Waals surface area contributed by atoms with Crippen molar-refractivity contribution in [2.45, 2.75) is 123 Å². The predicted octanol–water partition coefficient (Wildman–Crippen LogP) is 3.06. The fraction of sp³-hybridized carbons (Fsp3) is 0.600. The molecule has 10 aliphatic rings. The van der Waals surface area contributed by atoms with Gasteiger partial charge in [-0.25, -0.2) is 9.59 Å². The first-order valence-electron chi connectivity index (χ1n) is 20.7. The largest absolute Gasteiger partial charge is 0.456 e. The van der Waals surface area contributed by atoms with E-state index in [0.717, 1.165) is 0 Å². The van der Waals surface area contributed by atoms with E-state index in [1.54, 1.807) is 67.6 Å². The van der Waals surface area contributed by atoms with E-state index in [1.807, 2.05) is 19.1 Å².